The van der Waals surface area contributed by atoms with Crippen molar-refractivity contribution in [3.8, 4) is 0 Å². The third-order valence-corrected chi connectivity index (χ3v) is 3.95. The van der Waals surface area contributed by atoms with Crippen molar-refractivity contribution in [1.82, 2.24) is 4.90 Å². The summed E-state index contributed by atoms with van der Waals surface area (Å²) in [5.74, 6) is -0.358. The van der Waals surface area contributed by atoms with Crippen LogP contribution in [0.4, 0.5) is 5.69 Å². The van der Waals surface area contributed by atoms with Crippen LogP contribution in [0.2, 0.25) is 0 Å². The quantitative estimate of drug-likeness (QED) is 0.866. The molecule has 1 saturated heterocycles. The van der Waals surface area contributed by atoms with Crippen molar-refractivity contribution in [2.75, 3.05) is 13.1 Å². The van der Waals surface area contributed by atoms with Crippen LogP contribution >= 0.6 is 0 Å². The number of hydrogen-bond donors (Lipinski definition) is 1. The van der Waals surface area contributed by atoms with Crippen LogP contribution in [0.1, 0.15) is 24.8 Å². The standard InChI is InChI=1S/C14H16N2O2/c1-9(14(17)18)16-7-6-11-10-4-2-3-5-12(10)15-13(11)8-16/h2-5,9,11H,6-8H2,1H3,(H,17,18). The molecule has 1 N–H and O–H groups in total. The van der Waals surface area contributed by atoms with Crippen LogP contribution in [-0.4, -0.2) is 40.8 Å². The molecule has 2 heterocycles. The summed E-state index contributed by atoms with van der Waals surface area (Å²) >= 11 is 0. The van der Waals surface area contributed by atoms with Gasteiger partial charge < -0.3 is 5.11 Å². The molecule has 4 heteroatoms. The van der Waals surface area contributed by atoms with Crippen molar-refractivity contribution in [3.05, 3.63) is 29.8 Å². The lowest BCUT2D eigenvalue weighted by molar-refractivity contribution is -0.142. The van der Waals surface area contributed by atoms with Gasteiger partial charge in [-0.15, -0.1) is 0 Å². The highest BCUT2D eigenvalue weighted by Gasteiger charge is 2.34. The minimum Gasteiger partial charge on any atom is -0.480 e. The molecular formula is C14H16N2O2. The second kappa shape index (κ2) is 4.21. The third kappa shape index (κ3) is 1.73. The Morgan fingerprint density at radius 2 is 2.28 bits per heavy atom. The maximum absolute atomic E-state index is 11.0. The Morgan fingerprint density at radius 3 is 3.06 bits per heavy atom. The Bertz CT molecular complexity index is 524. The summed E-state index contributed by atoms with van der Waals surface area (Å²) in [5, 5.41) is 9.07. The predicted molar refractivity (Wildman–Crippen MR) is 69.6 cm³/mol. The van der Waals surface area contributed by atoms with E-state index in [-0.39, 0.29) is 0 Å². The lowest BCUT2D eigenvalue weighted by Crippen LogP contribution is -2.46. The van der Waals surface area contributed by atoms with Gasteiger partial charge in [0.1, 0.15) is 6.04 Å². The van der Waals surface area contributed by atoms with Crippen LogP contribution in [-0.2, 0) is 4.79 Å². The first-order valence-electron chi connectivity index (χ1n) is 6.30. The van der Waals surface area contributed by atoms with Crippen LogP contribution in [0.15, 0.2) is 29.3 Å². The van der Waals surface area contributed by atoms with E-state index in [4.69, 9.17) is 5.11 Å². The number of aliphatic carboxylic acids is 1. The van der Waals surface area contributed by atoms with Crippen LogP contribution in [0, 0.1) is 0 Å². The second-order valence-electron chi connectivity index (χ2n) is 4.99. The molecule has 0 radical (unpaired) electrons. The van der Waals surface area contributed by atoms with E-state index < -0.39 is 12.0 Å². The molecule has 0 aromatic heterocycles. The fraction of sp³-hybridized carbons (Fsp3) is 0.429. The zero-order chi connectivity index (χ0) is 12.7. The summed E-state index contributed by atoms with van der Waals surface area (Å²) in [6.07, 6.45) is 0.966. The molecule has 4 nitrogen and oxygen atoms in total. The zero-order valence-electron chi connectivity index (χ0n) is 10.3. The number of nitrogens with zero attached hydrogens (tertiary/aromatic N) is 2. The number of carbonyl (C=O) groups is 1. The topological polar surface area (TPSA) is 52.9 Å². The smallest absolute Gasteiger partial charge is 0.320 e. The van der Waals surface area contributed by atoms with Gasteiger partial charge in [0.05, 0.1) is 5.69 Å². The van der Waals surface area contributed by atoms with Gasteiger partial charge in [0.15, 0.2) is 0 Å². The maximum atomic E-state index is 11.0. The lowest BCUT2D eigenvalue weighted by atomic mass is 9.89. The molecule has 2 aliphatic heterocycles. The van der Waals surface area contributed by atoms with Crippen molar-refractivity contribution in [3.63, 3.8) is 0 Å². The van der Waals surface area contributed by atoms with Gasteiger partial charge >= 0.3 is 5.97 Å². The second-order valence-corrected chi connectivity index (χ2v) is 4.99. The Morgan fingerprint density at radius 1 is 1.50 bits per heavy atom. The molecule has 1 aromatic carbocycles. The fourth-order valence-electron chi connectivity index (χ4n) is 2.83. The molecule has 2 atom stereocenters. The highest BCUT2D eigenvalue weighted by Crippen LogP contribution is 2.39. The van der Waals surface area contributed by atoms with Crippen LogP contribution in [0.25, 0.3) is 0 Å². The lowest BCUT2D eigenvalue weighted by Gasteiger charge is -2.33. The van der Waals surface area contributed by atoms with Gasteiger partial charge in [-0.25, -0.2) is 0 Å². The molecule has 0 spiro atoms. The summed E-state index contributed by atoms with van der Waals surface area (Å²) in [6.45, 7) is 3.24. The van der Waals surface area contributed by atoms with Gasteiger partial charge in [-0.2, -0.15) is 0 Å². The molecule has 0 amide bonds. The van der Waals surface area contributed by atoms with E-state index in [1.165, 1.54) is 5.56 Å². The summed E-state index contributed by atoms with van der Waals surface area (Å²) in [4.78, 5) is 17.7. The number of aliphatic imine (C=N–C) groups is 1. The van der Waals surface area contributed by atoms with Gasteiger partial charge in [0.2, 0.25) is 0 Å². The largest absolute Gasteiger partial charge is 0.480 e. The number of fused-ring (bicyclic) bond motifs is 3. The number of para-hydroxylation sites is 1. The normalized spacial score (nSPS) is 24.1. The first-order valence-corrected chi connectivity index (χ1v) is 6.30. The van der Waals surface area contributed by atoms with E-state index in [9.17, 15) is 4.79 Å². The molecule has 3 rings (SSSR count). The first kappa shape index (κ1) is 11.4. The Hall–Kier alpha value is -1.68. The highest BCUT2D eigenvalue weighted by atomic mass is 16.4. The maximum Gasteiger partial charge on any atom is 0.320 e. The average Bonchev–Trinajstić information content (AvgIpc) is 2.75. The first-order chi connectivity index (χ1) is 8.66. The van der Waals surface area contributed by atoms with Crippen molar-refractivity contribution in [1.29, 1.82) is 0 Å². The van der Waals surface area contributed by atoms with E-state index in [1.54, 1.807) is 6.92 Å². The van der Waals surface area contributed by atoms with Gasteiger partial charge in [0, 0.05) is 24.7 Å². The number of carboxylic acids is 1. The van der Waals surface area contributed by atoms with E-state index in [0.717, 1.165) is 24.4 Å². The van der Waals surface area contributed by atoms with Crippen LogP contribution in [0.5, 0.6) is 0 Å². The summed E-state index contributed by atoms with van der Waals surface area (Å²) in [6, 6.07) is 7.78. The van der Waals surface area contributed by atoms with Gasteiger partial charge in [-0.1, -0.05) is 18.2 Å². The number of likely N-dealkylation sites (tertiary alicyclic amines) is 1. The zero-order valence-corrected chi connectivity index (χ0v) is 10.3. The Balaban J connectivity index is 1.83. The number of piperidine rings is 1. The van der Waals surface area contributed by atoms with Crippen LogP contribution < -0.4 is 0 Å². The molecule has 2 unspecified atom stereocenters. The molecular weight excluding hydrogens is 228 g/mol. The molecule has 1 fully saturated rings. The van der Waals surface area contributed by atoms with E-state index in [0.29, 0.717) is 12.5 Å². The molecule has 2 aliphatic rings. The predicted octanol–water partition coefficient (Wildman–Crippen LogP) is 2.04. The van der Waals surface area contributed by atoms with Crippen molar-refractivity contribution in [2.24, 2.45) is 4.99 Å². The molecule has 0 saturated carbocycles. The molecule has 0 aliphatic carbocycles. The summed E-state index contributed by atoms with van der Waals surface area (Å²) in [7, 11) is 0. The fourth-order valence-corrected chi connectivity index (χ4v) is 2.83. The average molecular weight is 244 g/mol. The van der Waals surface area contributed by atoms with Gasteiger partial charge in [-0.3, -0.25) is 14.7 Å². The Kier molecular flexibility index (Phi) is 2.67. The van der Waals surface area contributed by atoms with E-state index >= 15 is 0 Å². The van der Waals surface area contributed by atoms with Crippen molar-refractivity contribution in [2.45, 2.75) is 25.3 Å². The SMILES string of the molecule is CC(C(=O)O)N1CCC2C(=Nc3ccccc32)C1. The monoisotopic (exact) mass is 244 g/mol. The van der Waals surface area contributed by atoms with E-state index in [2.05, 4.69) is 11.1 Å². The third-order valence-electron chi connectivity index (χ3n) is 3.95. The molecule has 94 valence electrons. The van der Waals surface area contributed by atoms with Gasteiger partial charge in [0.25, 0.3) is 0 Å². The number of carboxylic acid groups (broad SMARTS) is 1. The van der Waals surface area contributed by atoms with Gasteiger partial charge in [-0.05, 0) is 25.0 Å². The number of rotatable bonds is 2. The highest BCUT2D eigenvalue weighted by molar-refractivity contribution is 6.00. The Labute approximate surface area is 106 Å². The number of benzene rings is 1. The van der Waals surface area contributed by atoms with E-state index in [1.807, 2.05) is 23.1 Å². The molecule has 1 aromatic rings. The minimum absolute atomic E-state index is 0.401. The van der Waals surface area contributed by atoms with Crippen LogP contribution in [0.3, 0.4) is 0 Å². The van der Waals surface area contributed by atoms with Crippen molar-refractivity contribution >= 4 is 17.4 Å². The number of hydrogen-bond acceptors (Lipinski definition) is 3. The molecule has 0 bridgehead atoms. The summed E-state index contributed by atoms with van der Waals surface area (Å²) < 4.78 is 0. The molecule has 18 heavy (non-hydrogen) atoms. The van der Waals surface area contributed by atoms with Crippen molar-refractivity contribution < 1.29 is 9.90 Å². The minimum atomic E-state index is -0.760. The summed E-state index contributed by atoms with van der Waals surface area (Å²) in [5.41, 5.74) is 3.48.